The van der Waals surface area contributed by atoms with Gasteiger partial charge in [-0.25, -0.2) is 0 Å². The predicted molar refractivity (Wildman–Crippen MR) is 82.5 cm³/mol. The van der Waals surface area contributed by atoms with E-state index in [1.54, 1.807) is 6.08 Å². The SMILES string of the molecule is C=CC(=C)[C@H]1NC(=O)[C@@H]1C(C)O[Si](C)(C)C(C)(C)C. The highest BCUT2D eigenvalue weighted by molar-refractivity contribution is 6.74. The molecule has 4 heteroatoms. The predicted octanol–water partition coefficient (Wildman–Crippen LogP) is 3.25. The third-order valence-corrected chi connectivity index (χ3v) is 8.99. The van der Waals surface area contributed by atoms with E-state index >= 15 is 0 Å². The third kappa shape index (κ3) is 3.18. The van der Waals surface area contributed by atoms with Crippen molar-refractivity contribution in [3.63, 3.8) is 0 Å². The van der Waals surface area contributed by atoms with Crippen molar-refractivity contribution < 1.29 is 9.22 Å². The molecular formula is C15H27NO2Si. The quantitative estimate of drug-likeness (QED) is 0.477. The Kier molecular flexibility index (Phi) is 4.47. The van der Waals surface area contributed by atoms with Crippen LogP contribution in [-0.2, 0) is 9.22 Å². The number of nitrogens with one attached hydrogen (secondary N) is 1. The first kappa shape index (κ1) is 16.2. The Balaban J connectivity index is 2.78. The van der Waals surface area contributed by atoms with Gasteiger partial charge in [0.1, 0.15) is 0 Å². The molecule has 108 valence electrons. The van der Waals surface area contributed by atoms with Gasteiger partial charge in [-0.2, -0.15) is 0 Å². The van der Waals surface area contributed by atoms with Gasteiger partial charge in [0.05, 0.1) is 18.1 Å². The van der Waals surface area contributed by atoms with E-state index in [-0.39, 0.29) is 29.0 Å². The lowest BCUT2D eigenvalue weighted by molar-refractivity contribution is -0.138. The molecule has 0 aliphatic carbocycles. The van der Waals surface area contributed by atoms with Crippen LogP contribution in [-0.4, -0.2) is 26.4 Å². The topological polar surface area (TPSA) is 38.3 Å². The molecule has 0 aromatic heterocycles. The van der Waals surface area contributed by atoms with Crippen molar-refractivity contribution >= 4 is 14.2 Å². The number of amides is 1. The van der Waals surface area contributed by atoms with Gasteiger partial charge in [-0.3, -0.25) is 4.79 Å². The van der Waals surface area contributed by atoms with Gasteiger partial charge in [0.15, 0.2) is 8.32 Å². The van der Waals surface area contributed by atoms with Gasteiger partial charge >= 0.3 is 0 Å². The van der Waals surface area contributed by atoms with E-state index in [0.717, 1.165) is 5.57 Å². The maximum atomic E-state index is 11.8. The molecule has 0 aromatic carbocycles. The standard InChI is InChI=1S/C15H27NO2Si/c1-9-10(2)13-12(14(17)16-13)11(3)18-19(7,8)15(4,5)6/h9,11-13H,1-2H2,3-8H3,(H,16,17)/t11?,12-,13-/m1/s1. The van der Waals surface area contributed by atoms with Gasteiger partial charge < -0.3 is 9.74 Å². The Morgan fingerprint density at radius 3 is 2.37 bits per heavy atom. The minimum absolute atomic E-state index is 0.0234. The van der Waals surface area contributed by atoms with Gasteiger partial charge in [-0.05, 0) is 30.6 Å². The van der Waals surface area contributed by atoms with Crippen LogP contribution in [0.3, 0.4) is 0 Å². The molecule has 1 N–H and O–H groups in total. The minimum atomic E-state index is -1.85. The number of carbonyl (C=O) groups excluding carboxylic acids is 1. The van der Waals surface area contributed by atoms with E-state index in [1.165, 1.54) is 0 Å². The fraction of sp³-hybridized carbons (Fsp3) is 0.667. The first-order valence-corrected chi connectivity index (χ1v) is 9.71. The monoisotopic (exact) mass is 281 g/mol. The van der Waals surface area contributed by atoms with Gasteiger partial charge in [0.25, 0.3) is 0 Å². The van der Waals surface area contributed by atoms with Gasteiger partial charge in [0.2, 0.25) is 5.91 Å². The van der Waals surface area contributed by atoms with Crippen LogP contribution in [0.25, 0.3) is 0 Å². The second kappa shape index (κ2) is 5.25. The lowest BCUT2D eigenvalue weighted by Crippen LogP contribution is -2.64. The van der Waals surface area contributed by atoms with E-state index in [1.807, 2.05) is 6.92 Å². The maximum Gasteiger partial charge on any atom is 0.228 e. The summed E-state index contributed by atoms with van der Waals surface area (Å²) in [7, 11) is -1.85. The molecule has 1 saturated heterocycles. The normalized spacial score (nSPS) is 25.3. The first-order valence-electron chi connectivity index (χ1n) is 6.80. The zero-order valence-corrected chi connectivity index (χ0v) is 14.0. The van der Waals surface area contributed by atoms with E-state index in [9.17, 15) is 4.79 Å². The number of carbonyl (C=O) groups is 1. The first-order chi connectivity index (χ1) is 8.51. The number of hydrogen-bond donors (Lipinski definition) is 1. The summed E-state index contributed by atoms with van der Waals surface area (Å²) in [6.07, 6.45) is 1.62. The zero-order valence-electron chi connectivity index (χ0n) is 13.0. The second-order valence-corrected chi connectivity index (χ2v) is 11.6. The molecule has 0 radical (unpaired) electrons. The zero-order chi connectivity index (χ0) is 15.0. The largest absolute Gasteiger partial charge is 0.413 e. The summed E-state index contributed by atoms with van der Waals surface area (Å²) < 4.78 is 6.30. The summed E-state index contributed by atoms with van der Waals surface area (Å²) in [6.45, 7) is 20.7. The van der Waals surface area contributed by atoms with Crippen molar-refractivity contribution in [2.24, 2.45) is 5.92 Å². The molecule has 1 aliphatic rings. The van der Waals surface area contributed by atoms with Crippen LogP contribution in [0.4, 0.5) is 0 Å². The highest BCUT2D eigenvalue weighted by Crippen LogP contribution is 2.39. The summed E-state index contributed by atoms with van der Waals surface area (Å²) >= 11 is 0. The maximum absolute atomic E-state index is 11.8. The van der Waals surface area contributed by atoms with Gasteiger partial charge in [0, 0.05) is 0 Å². The van der Waals surface area contributed by atoms with Crippen LogP contribution in [0.5, 0.6) is 0 Å². The van der Waals surface area contributed by atoms with Crippen LogP contribution >= 0.6 is 0 Å². The molecule has 3 atom stereocenters. The number of hydrogen-bond acceptors (Lipinski definition) is 2. The van der Waals surface area contributed by atoms with Crippen molar-refractivity contribution in [1.29, 1.82) is 0 Å². The Morgan fingerprint density at radius 2 is 2.00 bits per heavy atom. The molecule has 1 aliphatic heterocycles. The summed E-state index contributed by atoms with van der Waals surface area (Å²) in [5.74, 6) is -0.0844. The van der Waals surface area contributed by atoms with Crippen molar-refractivity contribution in [1.82, 2.24) is 5.32 Å². The Bertz CT molecular complexity index is 395. The van der Waals surface area contributed by atoms with Crippen LogP contribution < -0.4 is 5.32 Å². The molecule has 1 heterocycles. The lowest BCUT2D eigenvalue weighted by atomic mass is 9.82. The van der Waals surface area contributed by atoms with E-state index in [2.05, 4.69) is 52.3 Å². The molecule has 1 rings (SSSR count). The lowest BCUT2D eigenvalue weighted by Gasteiger charge is -2.45. The number of β-lactam (4-membered cyclic amide) rings is 1. The van der Waals surface area contributed by atoms with E-state index in [0.29, 0.717) is 0 Å². The molecular weight excluding hydrogens is 254 g/mol. The molecule has 1 amide bonds. The highest BCUT2D eigenvalue weighted by atomic mass is 28.4. The van der Waals surface area contributed by atoms with Gasteiger partial charge in [-0.1, -0.05) is 40.0 Å². The van der Waals surface area contributed by atoms with Crippen molar-refractivity contribution in [2.75, 3.05) is 0 Å². The second-order valence-electron chi connectivity index (χ2n) is 6.87. The average Bonchev–Trinajstić information content (AvgIpc) is 2.22. The summed E-state index contributed by atoms with van der Waals surface area (Å²) in [4.78, 5) is 11.8. The summed E-state index contributed by atoms with van der Waals surface area (Å²) in [5, 5.41) is 3.02. The molecule has 0 saturated carbocycles. The molecule has 3 nitrogen and oxygen atoms in total. The Labute approximate surface area is 118 Å². The molecule has 1 fully saturated rings. The summed E-state index contributed by atoms with van der Waals surface area (Å²) in [5.41, 5.74) is 0.857. The fourth-order valence-electron chi connectivity index (χ4n) is 2.04. The van der Waals surface area contributed by atoms with E-state index < -0.39 is 8.32 Å². The molecule has 0 bridgehead atoms. The highest BCUT2D eigenvalue weighted by Gasteiger charge is 2.47. The third-order valence-electron chi connectivity index (χ3n) is 4.41. The molecule has 19 heavy (non-hydrogen) atoms. The number of rotatable bonds is 5. The van der Waals surface area contributed by atoms with Crippen LogP contribution in [0, 0.1) is 5.92 Å². The van der Waals surface area contributed by atoms with E-state index in [4.69, 9.17) is 4.43 Å². The molecule has 0 spiro atoms. The minimum Gasteiger partial charge on any atom is -0.413 e. The average molecular weight is 281 g/mol. The summed E-state index contributed by atoms with van der Waals surface area (Å²) in [6, 6.07) is -0.0234. The van der Waals surface area contributed by atoms with Crippen molar-refractivity contribution in [3.8, 4) is 0 Å². The Hall–Kier alpha value is -0.873. The van der Waals surface area contributed by atoms with Crippen LogP contribution in [0.1, 0.15) is 27.7 Å². The smallest absolute Gasteiger partial charge is 0.228 e. The van der Waals surface area contributed by atoms with Gasteiger partial charge in [-0.15, -0.1) is 0 Å². The molecule has 0 aromatic rings. The van der Waals surface area contributed by atoms with Crippen molar-refractivity contribution in [2.45, 2.75) is 58.0 Å². The fourth-order valence-corrected chi connectivity index (χ4v) is 3.47. The van der Waals surface area contributed by atoms with Crippen LogP contribution in [0.2, 0.25) is 18.1 Å². The van der Waals surface area contributed by atoms with Crippen LogP contribution in [0.15, 0.2) is 24.8 Å². The molecule has 1 unspecified atom stereocenters. The Morgan fingerprint density at radius 1 is 1.47 bits per heavy atom. The van der Waals surface area contributed by atoms with Crippen molar-refractivity contribution in [3.05, 3.63) is 24.8 Å².